The van der Waals surface area contributed by atoms with E-state index in [1.165, 1.54) is 15.9 Å². The third kappa shape index (κ3) is 4.90. The van der Waals surface area contributed by atoms with Crippen molar-refractivity contribution in [2.45, 2.75) is 51.2 Å². The number of carbonyl (C=O) groups is 4. The summed E-state index contributed by atoms with van der Waals surface area (Å²) in [6.07, 6.45) is 4.63. The number of carbonyl (C=O) groups excluding carboxylic acids is 4. The summed E-state index contributed by atoms with van der Waals surface area (Å²) >= 11 is 0. The van der Waals surface area contributed by atoms with Crippen LogP contribution >= 0.6 is 0 Å². The lowest BCUT2D eigenvalue weighted by molar-refractivity contribution is -0.145. The topological polar surface area (TPSA) is 125 Å². The van der Waals surface area contributed by atoms with Crippen molar-refractivity contribution in [3.05, 3.63) is 24.3 Å². The fourth-order valence-corrected chi connectivity index (χ4v) is 3.71. The highest BCUT2D eigenvalue weighted by Gasteiger charge is 2.46. The normalized spacial score (nSPS) is 23.9. The van der Waals surface area contributed by atoms with Crippen LogP contribution in [0.3, 0.4) is 0 Å². The fraction of sp³-hybridized carbons (Fsp3) is 0.579. The van der Waals surface area contributed by atoms with E-state index in [2.05, 4.69) is 17.2 Å². The van der Waals surface area contributed by atoms with E-state index in [4.69, 9.17) is 5.73 Å². The van der Waals surface area contributed by atoms with Crippen molar-refractivity contribution in [3.8, 4) is 0 Å². The second kappa shape index (κ2) is 9.38. The molecule has 0 radical (unpaired) electrons. The van der Waals surface area contributed by atoms with E-state index in [1.54, 1.807) is 19.9 Å². The van der Waals surface area contributed by atoms with Gasteiger partial charge < -0.3 is 26.2 Å². The smallest absolute Gasteiger partial charge is 0.315 e. The number of hydrogen-bond acceptors (Lipinski definition) is 4. The number of nitrogens with two attached hydrogens (primary N) is 1. The van der Waals surface area contributed by atoms with Gasteiger partial charge in [-0.2, -0.15) is 0 Å². The van der Waals surface area contributed by atoms with Crippen LogP contribution in [0.5, 0.6) is 0 Å². The molecule has 9 heteroatoms. The number of allylic oxidation sites excluding steroid dienone is 1. The first-order valence-electron chi connectivity index (χ1n) is 9.46. The van der Waals surface area contributed by atoms with Crippen molar-refractivity contribution in [2.24, 2.45) is 5.73 Å². The Morgan fingerprint density at radius 1 is 1.14 bits per heavy atom. The molecule has 2 aliphatic rings. The molecule has 0 spiro atoms. The Hall–Kier alpha value is -2.84. The molecule has 2 saturated heterocycles. The van der Waals surface area contributed by atoms with Crippen molar-refractivity contribution in [1.29, 1.82) is 0 Å². The summed E-state index contributed by atoms with van der Waals surface area (Å²) in [5.74, 6) is -1.20. The lowest BCUT2D eigenvalue weighted by Gasteiger charge is -2.32. The molecule has 5 amide bonds. The van der Waals surface area contributed by atoms with Gasteiger partial charge >= 0.3 is 6.03 Å². The zero-order valence-electron chi connectivity index (χ0n) is 16.4. The van der Waals surface area contributed by atoms with Crippen molar-refractivity contribution in [1.82, 2.24) is 20.4 Å². The zero-order valence-corrected chi connectivity index (χ0v) is 16.4. The average molecular weight is 391 g/mol. The lowest BCUT2D eigenvalue weighted by Crippen LogP contribution is -2.58. The summed E-state index contributed by atoms with van der Waals surface area (Å²) in [6, 6.07) is -2.55. The molecule has 0 aromatic rings. The van der Waals surface area contributed by atoms with E-state index < -0.39 is 30.1 Å². The van der Waals surface area contributed by atoms with Gasteiger partial charge in [-0.1, -0.05) is 11.6 Å². The van der Waals surface area contributed by atoms with Gasteiger partial charge in [-0.15, -0.1) is 6.58 Å². The van der Waals surface area contributed by atoms with Gasteiger partial charge in [-0.3, -0.25) is 14.4 Å². The minimum absolute atomic E-state index is 0.285. The monoisotopic (exact) mass is 391 g/mol. The number of rotatable bonds is 6. The lowest BCUT2D eigenvalue weighted by atomic mass is 10.1. The molecule has 0 saturated carbocycles. The molecule has 0 aromatic heterocycles. The van der Waals surface area contributed by atoms with Crippen LogP contribution in [0.15, 0.2) is 24.3 Å². The first kappa shape index (κ1) is 21.5. The van der Waals surface area contributed by atoms with Gasteiger partial charge in [0.05, 0.1) is 6.04 Å². The molecular formula is C19H29N5O4. The predicted molar refractivity (Wildman–Crippen MR) is 104 cm³/mol. The first-order chi connectivity index (χ1) is 13.3. The Labute approximate surface area is 165 Å². The number of amides is 5. The molecule has 154 valence electrons. The van der Waals surface area contributed by atoms with E-state index in [0.717, 1.165) is 5.57 Å². The third-order valence-corrected chi connectivity index (χ3v) is 4.93. The number of likely N-dealkylation sites (tertiary alicyclic amines) is 2. The summed E-state index contributed by atoms with van der Waals surface area (Å²) < 4.78 is 0. The Bertz CT molecular complexity index is 686. The van der Waals surface area contributed by atoms with Gasteiger partial charge in [-0.05, 0) is 33.1 Å². The molecule has 28 heavy (non-hydrogen) atoms. The summed E-state index contributed by atoms with van der Waals surface area (Å²) in [7, 11) is 0. The second-order valence-electron chi connectivity index (χ2n) is 7.33. The molecule has 9 nitrogen and oxygen atoms in total. The minimum Gasteiger partial charge on any atom is -0.368 e. The van der Waals surface area contributed by atoms with E-state index in [-0.39, 0.29) is 18.4 Å². The molecule has 4 N–H and O–H groups in total. The van der Waals surface area contributed by atoms with E-state index in [0.29, 0.717) is 32.4 Å². The van der Waals surface area contributed by atoms with Crippen LogP contribution in [0.4, 0.5) is 4.79 Å². The summed E-state index contributed by atoms with van der Waals surface area (Å²) in [5, 5.41) is 5.38. The maximum absolute atomic E-state index is 13.3. The average Bonchev–Trinajstić information content (AvgIpc) is 3.26. The van der Waals surface area contributed by atoms with Crippen LogP contribution in [0, 0.1) is 0 Å². The second-order valence-corrected chi connectivity index (χ2v) is 7.33. The highest BCUT2D eigenvalue weighted by Crippen LogP contribution is 2.25. The number of urea groups is 1. The van der Waals surface area contributed by atoms with Gasteiger partial charge in [0.15, 0.2) is 0 Å². The first-order valence-corrected chi connectivity index (χ1v) is 9.46. The van der Waals surface area contributed by atoms with Gasteiger partial charge in [-0.25, -0.2) is 4.79 Å². The maximum atomic E-state index is 13.3. The van der Waals surface area contributed by atoms with Gasteiger partial charge in [0.2, 0.25) is 17.7 Å². The molecule has 2 fully saturated rings. The Balaban J connectivity index is 2.25. The Morgan fingerprint density at radius 2 is 1.86 bits per heavy atom. The van der Waals surface area contributed by atoms with Crippen LogP contribution in [0.2, 0.25) is 0 Å². The van der Waals surface area contributed by atoms with Crippen LogP contribution in [-0.4, -0.2) is 71.3 Å². The van der Waals surface area contributed by atoms with Crippen LogP contribution < -0.4 is 16.4 Å². The predicted octanol–water partition coefficient (Wildman–Crippen LogP) is -0.116. The zero-order chi connectivity index (χ0) is 20.8. The van der Waals surface area contributed by atoms with Crippen molar-refractivity contribution in [2.75, 3.05) is 19.6 Å². The molecule has 0 bridgehead atoms. The SMILES string of the molecule is C=CCNC(=O)N[C@H]1CCN(C(=O)C=C(C)C)[C@@H]1C(=O)N1CCC[C@@H]1C(N)=O. The van der Waals surface area contributed by atoms with E-state index in [9.17, 15) is 19.2 Å². The highest BCUT2D eigenvalue weighted by molar-refractivity contribution is 5.96. The number of nitrogens with zero attached hydrogens (tertiary/aromatic N) is 2. The van der Waals surface area contributed by atoms with Gasteiger partial charge in [0.1, 0.15) is 12.1 Å². The van der Waals surface area contributed by atoms with E-state index in [1.807, 2.05) is 0 Å². The van der Waals surface area contributed by atoms with Gasteiger partial charge in [0.25, 0.3) is 0 Å². The van der Waals surface area contributed by atoms with Crippen LogP contribution in [0.25, 0.3) is 0 Å². The summed E-state index contributed by atoms with van der Waals surface area (Å²) in [6.45, 7) is 8.16. The number of hydrogen-bond donors (Lipinski definition) is 3. The minimum atomic E-state index is -0.877. The molecule has 3 atom stereocenters. The largest absolute Gasteiger partial charge is 0.368 e. The quantitative estimate of drug-likeness (QED) is 0.431. The molecule has 0 unspecified atom stereocenters. The Kier molecular flexibility index (Phi) is 7.19. The standard InChI is InChI=1S/C19H29N5O4/c1-4-8-21-19(28)22-13-7-10-24(15(25)11-12(2)3)16(13)18(27)23-9-5-6-14(23)17(20)26/h4,11,13-14,16H,1,5-10H2,2-3H3,(H2,20,26)(H2,21,22,28)/t13-,14+,16-/m0/s1. The third-order valence-electron chi connectivity index (χ3n) is 4.93. The molecule has 2 heterocycles. The summed E-state index contributed by atoms with van der Waals surface area (Å²) in [4.78, 5) is 52.6. The van der Waals surface area contributed by atoms with Crippen molar-refractivity contribution < 1.29 is 19.2 Å². The molecule has 0 aromatic carbocycles. The number of nitrogens with one attached hydrogen (secondary N) is 2. The number of primary amides is 1. The Morgan fingerprint density at radius 3 is 2.46 bits per heavy atom. The molecular weight excluding hydrogens is 362 g/mol. The van der Waals surface area contributed by atoms with Gasteiger partial charge in [0, 0.05) is 25.7 Å². The van der Waals surface area contributed by atoms with Crippen molar-refractivity contribution >= 4 is 23.8 Å². The summed E-state index contributed by atoms with van der Waals surface area (Å²) in [5.41, 5.74) is 6.26. The van der Waals surface area contributed by atoms with Crippen LogP contribution in [0.1, 0.15) is 33.1 Å². The molecule has 2 aliphatic heterocycles. The van der Waals surface area contributed by atoms with E-state index >= 15 is 0 Å². The molecule has 0 aliphatic carbocycles. The highest BCUT2D eigenvalue weighted by atomic mass is 16.2. The maximum Gasteiger partial charge on any atom is 0.315 e. The van der Waals surface area contributed by atoms with Crippen molar-refractivity contribution in [3.63, 3.8) is 0 Å². The van der Waals surface area contributed by atoms with Crippen LogP contribution in [-0.2, 0) is 14.4 Å². The molecule has 2 rings (SSSR count). The fourth-order valence-electron chi connectivity index (χ4n) is 3.71.